The monoisotopic (exact) mass is 435 g/mol. The van der Waals surface area contributed by atoms with Crippen LogP contribution in [0.15, 0.2) is 30.3 Å². The molecule has 2 rings (SSSR count). The molecule has 9 nitrogen and oxygen atoms in total. The summed E-state index contributed by atoms with van der Waals surface area (Å²) in [4.78, 5) is 38.0. The lowest BCUT2D eigenvalue weighted by molar-refractivity contribution is 0.0494. The third-order valence-electron chi connectivity index (χ3n) is 4.84. The van der Waals surface area contributed by atoms with Gasteiger partial charge in [-0.05, 0) is 31.7 Å². The average molecular weight is 436 g/mol. The molecule has 1 aromatic rings. The summed E-state index contributed by atoms with van der Waals surface area (Å²) in [5.74, 6) is 0. The van der Waals surface area contributed by atoms with Crippen LogP contribution in [-0.4, -0.2) is 58.6 Å². The van der Waals surface area contributed by atoms with Gasteiger partial charge in [0.05, 0.1) is 18.1 Å². The molecule has 3 N–H and O–H groups in total. The molecule has 1 aliphatic heterocycles. The summed E-state index contributed by atoms with van der Waals surface area (Å²) in [5.41, 5.74) is -0.400. The van der Waals surface area contributed by atoms with Gasteiger partial charge in [0.1, 0.15) is 12.2 Å². The van der Waals surface area contributed by atoms with E-state index in [2.05, 4.69) is 10.6 Å². The van der Waals surface area contributed by atoms with Crippen LogP contribution >= 0.6 is 0 Å². The van der Waals surface area contributed by atoms with E-state index in [0.29, 0.717) is 0 Å². The summed E-state index contributed by atoms with van der Waals surface area (Å²) in [6, 6.07) is 7.24. The lowest BCUT2D eigenvalue weighted by Crippen LogP contribution is -2.57. The quantitative estimate of drug-likeness (QED) is 0.665. The first-order valence-electron chi connectivity index (χ1n) is 10.2. The van der Waals surface area contributed by atoms with Crippen molar-refractivity contribution in [2.24, 2.45) is 5.41 Å². The summed E-state index contributed by atoms with van der Waals surface area (Å²) in [6.45, 7) is 10.9. The van der Waals surface area contributed by atoms with Gasteiger partial charge in [-0.1, -0.05) is 51.1 Å². The van der Waals surface area contributed by atoms with E-state index >= 15 is 0 Å². The number of rotatable bonds is 4. The molecule has 1 saturated heterocycles. The number of likely N-dealkylation sites (tertiary alicyclic amines) is 1. The number of nitrogens with zero attached hydrogens (tertiary/aromatic N) is 1. The van der Waals surface area contributed by atoms with Gasteiger partial charge in [-0.15, -0.1) is 0 Å². The molecular weight excluding hydrogens is 402 g/mol. The Kier molecular flexibility index (Phi) is 7.41. The highest BCUT2D eigenvalue weighted by molar-refractivity contribution is 5.72. The lowest BCUT2D eigenvalue weighted by Gasteiger charge is -2.37. The molecule has 9 heteroatoms. The number of alkyl carbamates (subject to hydrolysis) is 2. The molecule has 0 spiro atoms. The molecule has 0 aromatic heterocycles. The minimum absolute atomic E-state index is 0.0140. The molecule has 0 saturated carbocycles. The molecule has 31 heavy (non-hydrogen) atoms. The normalized spacial score (nSPS) is 21.4. The van der Waals surface area contributed by atoms with E-state index in [1.54, 1.807) is 20.8 Å². The van der Waals surface area contributed by atoms with Crippen molar-refractivity contribution in [2.75, 3.05) is 6.54 Å². The first-order chi connectivity index (χ1) is 14.3. The third-order valence-corrected chi connectivity index (χ3v) is 4.84. The van der Waals surface area contributed by atoms with E-state index in [1.165, 1.54) is 4.90 Å². The minimum Gasteiger partial charge on any atom is -0.465 e. The Morgan fingerprint density at radius 2 is 1.65 bits per heavy atom. The predicted molar refractivity (Wildman–Crippen MR) is 115 cm³/mol. The van der Waals surface area contributed by atoms with Crippen molar-refractivity contribution in [1.82, 2.24) is 15.5 Å². The number of carboxylic acid groups (broad SMARTS) is 1. The van der Waals surface area contributed by atoms with Gasteiger partial charge in [-0.2, -0.15) is 0 Å². The maximum atomic E-state index is 12.5. The highest BCUT2D eigenvalue weighted by Crippen LogP contribution is 2.33. The van der Waals surface area contributed by atoms with E-state index in [4.69, 9.17) is 9.47 Å². The summed E-state index contributed by atoms with van der Waals surface area (Å²) < 4.78 is 10.6. The molecule has 0 bridgehead atoms. The highest BCUT2D eigenvalue weighted by Gasteiger charge is 2.51. The lowest BCUT2D eigenvalue weighted by atomic mass is 9.82. The predicted octanol–water partition coefficient (Wildman–Crippen LogP) is 3.58. The Balaban J connectivity index is 2.18. The Bertz CT molecular complexity index is 785. The number of hydrogen-bond acceptors (Lipinski definition) is 5. The zero-order valence-electron chi connectivity index (χ0n) is 19.0. The second-order valence-electron chi connectivity index (χ2n) is 9.73. The summed E-state index contributed by atoms with van der Waals surface area (Å²) in [5, 5.41) is 15.2. The largest absolute Gasteiger partial charge is 0.465 e. The van der Waals surface area contributed by atoms with Crippen LogP contribution in [0.1, 0.15) is 47.1 Å². The van der Waals surface area contributed by atoms with Crippen molar-refractivity contribution in [1.29, 1.82) is 0 Å². The highest BCUT2D eigenvalue weighted by atomic mass is 16.6. The molecule has 1 aromatic carbocycles. The van der Waals surface area contributed by atoms with Gasteiger partial charge in [0.2, 0.25) is 0 Å². The number of nitrogens with one attached hydrogen (secondary N) is 2. The third kappa shape index (κ3) is 7.04. The van der Waals surface area contributed by atoms with Gasteiger partial charge in [-0.3, -0.25) is 0 Å². The number of carbonyl (C=O) groups is 3. The summed E-state index contributed by atoms with van der Waals surface area (Å²) in [7, 11) is 0. The summed E-state index contributed by atoms with van der Waals surface area (Å²) in [6.07, 6.45) is -2.49. The van der Waals surface area contributed by atoms with Gasteiger partial charge in [0, 0.05) is 6.54 Å². The van der Waals surface area contributed by atoms with Gasteiger partial charge in [0.15, 0.2) is 0 Å². The SMILES string of the molecule is CC(C)(C)OC(=O)N[C@H]1CN(C(=O)O)C(C(C)(C)C)[C@@H]1NC(=O)OCc1ccccc1. The van der Waals surface area contributed by atoms with Crippen LogP contribution in [0.4, 0.5) is 14.4 Å². The molecule has 3 atom stereocenters. The summed E-state index contributed by atoms with van der Waals surface area (Å²) >= 11 is 0. The first kappa shape index (κ1) is 24.3. The van der Waals surface area contributed by atoms with Crippen molar-refractivity contribution >= 4 is 18.3 Å². The van der Waals surface area contributed by atoms with Gasteiger partial charge in [-0.25, -0.2) is 14.4 Å². The van der Waals surface area contributed by atoms with Crippen molar-refractivity contribution in [2.45, 2.75) is 71.9 Å². The Morgan fingerprint density at radius 1 is 1.03 bits per heavy atom. The van der Waals surface area contributed by atoms with Gasteiger partial charge >= 0.3 is 18.3 Å². The number of benzene rings is 1. The van der Waals surface area contributed by atoms with Crippen LogP contribution in [0.3, 0.4) is 0 Å². The molecule has 3 amide bonds. The van der Waals surface area contributed by atoms with E-state index in [-0.39, 0.29) is 13.2 Å². The fourth-order valence-corrected chi connectivity index (χ4v) is 3.73. The van der Waals surface area contributed by atoms with Crippen molar-refractivity contribution < 1.29 is 29.0 Å². The second-order valence-corrected chi connectivity index (χ2v) is 9.73. The molecule has 1 aliphatic rings. The Hall–Kier alpha value is -2.97. The van der Waals surface area contributed by atoms with E-state index in [0.717, 1.165) is 5.56 Å². The molecule has 0 aliphatic carbocycles. The van der Waals surface area contributed by atoms with Crippen molar-refractivity contribution in [3.8, 4) is 0 Å². The smallest absolute Gasteiger partial charge is 0.408 e. The van der Waals surface area contributed by atoms with E-state index in [1.807, 2.05) is 51.1 Å². The van der Waals surface area contributed by atoms with Crippen LogP contribution in [0, 0.1) is 5.41 Å². The van der Waals surface area contributed by atoms with Crippen LogP contribution in [0.25, 0.3) is 0 Å². The van der Waals surface area contributed by atoms with Crippen molar-refractivity contribution in [3.63, 3.8) is 0 Å². The van der Waals surface area contributed by atoms with Gasteiger partial charge < -0.3 is 30.1 Å². The number of amides is 3. The van der Waals surface area contributed by atoms with Crippen LogP contribution in [-0.2, 0) is 16.1 Å². The maximum absolute atomic E-state index is 12.5. The Morgan fingerprint density at radius 3 is 2.16 bits per heavy atom. The average Bonchev–Trinajstić information content (AvgIpc) is 2.97. The molecule has 0 radical (unpaired) electrons. The standard InChI is InChI=1S/C22H33N3O6/c1-21(2,3)17-16(24-18(26)30-13-14-10-8-7-9-11-14)15(12-25(17)20(28)29)23-19(27)31-22(4,5)6/h7-11,15-17H,12-13H2,1-6H3,(H,23,27)(H,24,26)(H,28,29)/t15-,16+,17?/m0/s1. The number of ether oxygens (including phenoxy) is 2. The Labute approximate surface area is 183 Å². The zero-order chi connectivity index (χ0) is 23.4. The van der Waals surface area contributed by atoms with Gasteiger partial charge in [0.25, 0.3) is 0 Å². The molecule has 1 unspecified atom stereocenters. The minimum atomic E-state index is -1.13. The number of hydrogen-bond donors (Lipinski definition) is 3. The molecular formula is C22H33N3O6. The zero-order valence-corrected chi connectivity index (χ0v) is 19.0. The van der Waals surface area contributed by atoms with Crippen LogP contribution < -0.4 is 10.6 Å². The molecule has 1 fully saturated rings. The fourth-order valence-electron chi connectivity index (χ4n) is 3.73. The van der Waals surface area contributed by atoms with Crippen molar-refractivity contribution in [3.05, 3.63) is 35.9 Å². The van der Waals surface area contributed by atoms with E-state index in [9.17, 15) is 19.5 Å². The van der Waals surface area contributed by atoms with Crippen LogP contribution in [0.2, 0.25) is 0 Å². The topological polar surface area (TPSA) is 117 Å². The van der Waals surface area contributed by atoms with Crippen LogP contribution in [0.5, 0.6) is 0 Å². The van der Waals surface area contributed by atoms with E-state index < -0.39 is 47.4 Å². The first-order valence-corrected chi connectivity index (χ1v) is 10.2. The number of carbonyl (C=O) groups excluding carboxylic acids is 2. The maximum Gasteiger partial charge on any atom is 0.408 e. The second kappa shape index (κ2) is 9.45. The fraction of sp³-hybridized carbons (Fsp3) is 0.591. The molecule has 1 heterocycles. The molecule has 172 valence electrons.